The molecule has 0 bridgehead atoms. The van der Waals surface area contributed by atoms with Gasteiger partial charge in [-0.3, -0.25) is 9.69 Å². The maximum atomic E-state index is 12.1. The number of ether oxygens (including phenoxy) is 1. The molecule has 1 atom stereocenters. The number of aliphatic carboxylic acids is 1. The maximum absolute atomic E-state index is 12.1. The van der Waals surface area contributed by atoms with Gasteiger partial charge in [-0.15, -0.1) is 6.42 Å². The van der Waals surface area contributed by atoms with Crippen molar-refractivity contribution in [3.63, 3.8) is 0 Å². The molecule has 1 aliphatic rings. The number of carbonyl (C=O) groups is 3. The highest BCUT2D eigenvalue weighted by molar-refractivity contribution is 5.89. The third kappa shape index (κ3) is 4.01. The van der Waals surface area contributed by atoms with Gasteiger partial charge in [0.25, 0.3) is 0 Å². The van der Waals surface area contributed by atoms with Gasteiger partial charge in [0.1, 0.15) is 13.2 Å². The first kappa shape index (κ1) is 16.4. The van der Waals surface area contributed by atoms with Gasteiger partial charge in [-0.2, -0.15) is 0 Å². The Kier molecular flexibility index (Phi) is 5.20. The summed E-state index contributed by atoms with van der Waals surface area (Å²) < 4.78 is 5.10. The zero-order valence-corrected chi connectivity index (χ0v) is 12.3. The van der Waals surface area contributed by atoms with E-state index in [1.54, 1.807) is 24.3 Å². The summed E-state index contributed by atoms with van der Waals surface area (Å²) in [6, 6.07) is 7.80. The monoisotopic (exact) mass is 316 g/mol. The van der Waals surface area contributed by atoms with E-state index in [-0.39, 0.29) is 26.2 Å². The fraction of sp³-hybridized carbons (Fsp3) is 0.312. The van der Waals surface area contributed by atoms with Gasteiger partial charge in [-0.1, -0.05) is 36.3 Å². The summed E-state index contributed by atoms with van der Waals surface area (Å²) >= 11 is 0. The number of piperazine rings is 1. The fourth-order valence-electron chi connectivity index (χ4n) is 2.23. The van der Waals surface area contributed by atoms with E-state index < -0.39 is 24.0 Å². The van der Waals surface area contributed by atoms with E-state index in [2.05, 4.69) is 5.92 Å². The second kappa shape index (κ2) is 7.31. The van der Waals surface area contributed by atoms with Gasteiger partial charge < -0.3 is 14.7 Å². The van der Waals surface area contributed by atoms with Crippen LogP contribution in [0.3, 0.4) is 0 Å². The van der Waals surface area contributed by atoms with Crippen molar-refractivity contribution >= 4 is 18.0 Å². The molecule has 0 spiro atoms. The molecular formula is C16H16N2O5. The second-order valence-electron chi connectivity index (χ2n) is 5.00. The average molecular weight is 316 g/mol. The van der Waals surface area contributed by atoms with Gasteiger partial charge in [-0.05, 0) is 5.56 Å². The molecular weight excluding hydrogens is 300 g/mol. The van der Waals surface area contributed by atoms with Crippen LogP contribution in [0.4, 0.5) is 4.79 Å². The van der Waals surface area contributed by atoms with Crippen molar-refractivity contribution in [3.8, 4) is 12.3 Å². The fourth-order valence-corrected chi connectivity index (χ4v) is 2.23. The number of hydrogen-bond acceptors (Lipinski definition) is 4. The molecule has 0 aliphatic carbocycles. The highest BCUT2D eigenvalue weighted by Crippen LogP contribution is 2.14. The van der Waals surface area contributed by atoms with Crippen LogP contribution in [0.1, 0.15) is 5.56 Å². The highest BCUT2D eigenvalue weighted by Gasteiger charge is 2.39. The first-order valence-corrected chi connectivity index (χ1v) is 6.94. The Balaban J connectivity index is 2.04. The van der Waals surface area contributed by atoms with Gasteiger partial charge in [0.05, 0.1) is 13.1 Å². The van der Waals surface area contributed by atoms with Crippen molar-refractivity contribution in [2.75, 3.05) is 19.6 Å². The Labute approximate surface area is 133 Å². The van der Waals surface area contributed by atoms with Crippen molar-refractivity contribution in [2.45, 2.75) is 12.6 Å². The Morgan fingerprint density at radius 3 is 2.65 bits per heavy atom. The molecule has 0 saturated carbocycles. The molecule has 120 valence electrons. The molecule has 1 unspecified atom stereocenters. The van der Waals surface area contributed by atoms with E-state index in [1.165, 1.54) is 4.90 Å². The number of nitrogens with zero attached hydrogens (tertiary/aromatic N) is 2. The summed E-state index contributed by atoms with van der Waals surface area (Å²) in [5, 5.41) is 9.28. The lowest BCUT2D eigenvalue weighted by Gasteiger charge is -2.37. The minimum atomic E-state index is -1.21. The Hall–Kier alpha value is -3.01. The third-order valence-electron chi connectivity index (χ3n) is 3.43. The minimum absolute atomic E-state index is 0.00473. The number of amides is 2. The predicted molar refractivity (Wildman–Crippen MR) is 80.2 cm³/mol. The predicted octanol–water partition coefficient (Wildman–Crippen LogP) is 0.554. The summed E-state index contributed by atoms with van der Waals surface area (Å²) in [5.74, 6) is 0.678. The van der Waals surface area contributed by atoms with Gasteiger partial charge >= 0.3 is 12.1 Å². The summed E-state index contributed by atoms with van der Waals surface area (Å²) in [4.78, 5) is 37.6. The van der Waals surface area contributed by atoms with Crippen molar-refractivity contribution < 1.29 is 24.2 Å². The smallest absolute Gasteiger partial charge is 0.411 e. The van der Waals surface area contributed by atoms with Crippen LogP contribution in [-0.2, 0) is 20.9 Å². The molecule has 2 amide bonds. The number of benzene rings is 1. The minimum Gasteiger partial charge on any atom is -0.480 e. The number of hydrogen-bond donors (Lipinski definition) is 1. The Bertz CT molecular complexity index is 638. The molecule has 0 radical (unpaired) electrons. The summed E-state index contributed by atoms with van der Waals surface area (Å²) in [7, 11) is 0. The van der Waals surface area contributed by atoms with E-state index >= 15 is 0 Å². The van der Waals surface area contributed by atoms with Gasteiger partial charge in [0.2, 0.25) is 5.91 Å². The van der Waals surface area contributed by atoms with Crippen LogP contribution in [0.2, 0.25) is 0 Å². The lowest BCUT2D eigenvalue weighted by atomic mass is 10.1. The lowest BCUT2D eigenvalue weighted by Crippen LogP contribution is -2.60. The first-order valence-electron chi connectivity index (χ1n) is 6.94. The maximum Gasteiger partial charge on any atom is 0.411 e. The number of carboxylic acid groups (broad SMARTS) is 1. The van der Waals surface area contributed by atoms with E-state index in [0.717, 1.165) is 10.5 Å². The summed E-state index contributed by atoms with van der Waals surface area (Å²) in [6.07, 6.45) is 4.32. The Morgan fingerprint density at radius 2 is 2.04 bits per heavy atom. The molecule has 1 heterocycles. The van der Waals surface area contributed by atoms with Crippen LogP contribution < -0.4 is 0 Å². The van der Waals surface area contributed by atoms with Crippen LogP contribution in [-0.4, -0.2) is 58.6 Å². The normalized spacial score (nSPS) is 17.5. The number of terminal acetylenes is 1. The number of rotatable bonds is 4. The molecule has 0 aromatic heterocycles. The van der Waals surface area contributed by atoms with E-state index in [1.807, 2.05) is 6.07 Å². The molecule has 2 rings (SSSR count). The van der Waals surface area contributed by atoms with Crippen LogP contribution in [0.25, 0.3) is 0 Å². The molecule has 1 aromatic carbocycles. The standard InChI is InChI=1S/C16H16N2O5/c1-2-8-17-9-13(15(20)21)18(10-14(17)19)16(22)23-11-12-6-4-3-5-7-12/h1,3-7,13H,8-11H2,(H,20,21). The van der Waals surface area contributed by atoms with E-state index in [0.29, 0.717) is 0 Å². The van der Waals surface area contributed by atoms with Gasteiger partial charge in [0, 0.05) is 0 Å². The first-order chi connectivity index (χ1) is 11.0. The molecule has 1 aliphatic heterocycles. The summed E-state index contributed by atoms with van der Waals surface area (Å²) in [5.41, 5.74) is 0.769. The second-order valence-corrected chi connectivity index (χ2v) is 5.00. The third-order valence-corrected chi connectivity index (χ3v) is 3.43. The highest BCUT2D eigenvalue weighted by atomic mass is 16.6. The van der Waals surface area contributed by atoms with Gasteiger partial charge in [-0.25, -0.2) is 9.59 Å². The Morgan fingerprint density at radius 1 is 1.35 bits per heavy atom. The molecule has 7 nitrogen and oxygen atoms in total. The zero-order valence-electron chi connectivity index (χ0n) is 12.3. The van der Waals surface area contributed by atoms with Crippen molar-refractivity contribution in [2.24, 2.45) is 0 Å². The molecule has 1 fully saturated rings. The van der Waals surface area contributed by atoms with E-state index in [9.17, 15) is 19.5 Å². The molecule has 1 saturated heterocycles. The number of carboxylic acids is 1. The van der Waals surface area contributed by atoms with Crippen molar-refractivity contribution in [3.05, 3.63) is 35.9 Å². The molecule has 1 aromatic rings. The zero-order chi connectivity index (χ0) is 16.8. The van der Waals surface area contributed by atoms with E-state index in [4.69, 9.17) is 11.2 Å². The van der Waals surface area contributed by atoms with Crippen LogP contribution in [0.15, 0.2) is 30.3 Å². The SMILES string of the molecule is C#CCN1CC(C(=O)O)N(C(=O)OCc2ccccc2)CC1=O. The van der Waals surface area contributed by atoms with Crippen LogP contribution in [0.5, 0.6) is 0 Å². The quantitative estimate of drug-likeness (QED) is 0.820. The van der Waals surface area contributed by atoms with Crippen molar-refractivity contribution in [1.82, 2.24) is 9.80 Å². The largest absolute Gasteiger partial charge is 0.480 e. The summed E-state index contributed by atoms with van der Waals surface area (Å²) in [6.45, 7) is -0.509. The molecule has 7 heteroatoms. The molecule has 23 heavy (non-hydrogen) atoms. The van der Waals surface area contributed by atoms with Crippen LogP contribution in [0, 0.1) is 12.3 Å². The topological polar surface area (TPSA) is 87.2 Å². The van der Waals surface area contributed by atoms with Gasteiger partial charge in [0.15, 0.2) is 6.04 Å². The van der Waals surface area contributed by atoms with Crippen LogP contribution >= 0.6 is 0 Å². The lowest BCUT2D eigenvalue weighted by molar-refractivity contribution is -0.150. The average Bonchev–Trinajstić information content (AvgIpc) is 2.55. The molecule has 1 N–H and O–H groups in total. The number of carbonyl (C=O) groups excluding carboxylic acids is 2. The van der Waals surface area contributed by atoms with Crippen molar-refractivity contribution in [1.29, 1.82) is 0 Å².